The van der Waals surface area contributed by atoms with Crippen LogP contribution in [0.5, 0.6) is 0 Å². The zero-order chi connectivity index (χ0) is 23.8. The van der Waals surface area contributed by atoms with Crippen LogP contribution in [0.15, 0.2) is 12.2 Å². The molecule has 32 heavy (non-hydrogen) atoms. The molecule has 0 bridgehead atoms. The zero-order valence-electron chi connectivity index (χ0n) is 19.2. The Morgan fingerprint density at radius 3 is 2.41 bits per heavy atom. The summed E-state index contributed by atoms with van der Waals surface area (Å²) in [7, 11) is 0. The SMILES string of the molecule is CCCCCC[C@@H](O)CC=CCCCCCCCC(=O)OC[C@H](O)[C@H]1OC(=O)C(O)C1=O. The highest BCUT2D eigenvalue weighted by atomic mass is 16.6. The number of carbonyl (C=O) groups excluding carboxylic acids is 3. The van der Waals surface area contributed by atoms with Crippen molar-refractivity contribution in [3.63, 3.8) is 0 Å². The first-order chi connectivity index (χ1) is 15.4. The van der Waals surface area contributed by atoms with Crippen LogP contribution in [0, 0.1) is 0 Å². The van der Waals surface area contributed by atoms with E-state index in [2.05, 4.69) is 23.8 Å². The van der Waals surface area contributed by atoms with Crippen molar-refractivity contribution in [1.29, 1.82) is 0 Å². The molecule has 4 atom stereocenters. The van der Waals surface area contributed by atoms with Crippen LogP contribution in [0.4, 0.5) is 0 Å². The number of ether oxygens (including phenoxy) is 2. The number of aliphatic hydroxyl groups is 3. The maximum Gasteiger partial charge on any atom is 0.343 e. The third-order valence-corrected chi connectivity index (χ3v) is 5.50. The van der Waals surface area contributed by atoms with E-state index in [0.717, 1.165) is 51.4 Å². The molecule has 0 aliphatic carbocycles. The van der Waals surface area contributed by atoms with Gasteiger partial charge >= 0.3 is 11.9 Å². The van der Waals surface area contributed by atoms with Crippen molar-refractivity contribution in [3.8, 4) is 0 Å². The van der Waals surface area contributed by atoms with Gasteiger partial charge in [-0.1, -0.05) is 64.0 Å². The van der Waals surface area contributed by atoms with Gasteiger partial charge in [-0.15, -0.1) is 0 Å². The fourth-order valence-corrected chi connectivity index (χ4v) is 3.48. The summed E-state index contributed by atoms with van der Waals surface area (Å²) >= 11 is 0. The van der Waals surface area contributed by atoms with Gasteiger partial charge in [0.15, 0.2) is 6.10 Å². The van der Waals surface area contributed by atoms with Crippen LogP contribution in [0.2, 0.25) is 0 Å². The summed E-state index contributed by atoms with van der Waals surface area (Å²) in [5.74, 6) is -2.51. The summed E-state index contributed by atoms with van der Waals surface area (Å²) in [5.41, 5.74) is 0. The second-order valence-corrected chi connectivity index (χ2v) is 8.43. The van der Waals surface area contributed by atoms with Crippen LogP contribution >= 0.6 is 0 Å². The zero-order valence-corrected chi connectivity index (χ0v) is 19.2. The second kappa shape index (κ2) is 16.8. The molecule has 1 rings (SSSR count). The number of cyclic esters (lactones) is 1. The van der Waals surface area contributed by atoms with E-state index in [1.165, 1.54) is 19.3 Å². The van der Waals surface area contributed by atoms with Gasteiger partial charge in [0.05, 0.1) is 6.10 Å². The van der Waals surface area contributed by atoms with E-state index in [4.69, 9.17) is 4.74 Å². The number of rotatable bonds is 18. The van der Waals surface area contributed by atoms with E-state index >= 15 is 0 Å². The third-order valence-electron chi connectivity index (χ3n) is 5.50. The minimum absolute atomic E-state index is 0.212. The number of aliphatic hydroxyl groups excluding tert-OH is 3. The van der Waals surface area contributed by atoms with Gasteiger partial charge in [0.1, 0.15) is 12.7 Å². The smallest absolute Gasteiger partial charge is 0.343 e. The Balaban J connectivity index is 1.96. The largest absolute Gasteiger partial charge is 0.463 e. The van der Waals surface area contributed by atoms with Crippen molar-refractivity contribution in [2.75, 3.05) is 6.61 Å². The number of Topliss-reactive ketones (excluding diaryl/α,β-unsaturated/α-hetero) is 1. The minimum atomic E-state index is -1.88. The highest BCUT2D eigenvalue weighted by Gasteiger charge is 2.46. The molecule has 1 saturated heterocycles. The van der Waals surface area contributed by atoms with E-state index in [9.17, 15) is 29.7 Å². The number of carbonyl (C=O) groups is 3. The Kier molecular flexibility index (Phi) is 14.8. The molecule has 1 unspecified atom stereocenters. The van der Waals surface area contributed by atoms with Crippen LogP contribution in [-0.2, 0) is 23.9 Å². The molecule has 1 fully saturated rings. The molecule has 0 aromatic rings. The highest BCUT2D eigenvalue weighted by molar-refractivity contribution is 6.09. The van der Waals surface area contributed by atoms with Crippen molar-refractivity contribution in [2.45, 2.75) is 115 Å². The van der Waals surface area contributed by atoms with Gasteiger partial charge in [0.25, 0.3) is 0 Å². The van der Waals surface area contributed by atoms with Crippen LogP contribution in [0.1, 0.15) is 90.4 Å². The van der Waals surface area contributed by atoms with Crippen molar-refractivity contribution < 1.29 is 39.2 Å². The maximum absolute atomic E-state index is 11.7. The van der Waals surface area contributed by atoms with Crippen molar-refractivity contribution >= 4 is 17.7 Å². The van der Waals surface area contributed by atoms with Crippen LogP contribution in [-0.4, -0.2) is 64.1 Å². The fraction of sp³-hybridized carbons (Fsp3) is 0.792. The van der Waals surface area contributed by atoms with Gasteiger partial charge in [0.2, 0.25) is 11.9 Å². The van der Waals surface area contributed by atoms with Crippen LogP contribution < -0.4 is 0 Å². The van der Waals surface area contributed by atoms with Gasteiger partial charge < -0.3 is 24.8 Å². The van der Waals surface area contributed by atoms with E-state index in [0.29, 0.717) is 6.42 Å². The van der Waals surface area contributed by atoms with Gasteiger partial charge in [-0.2, -0.15) is 0 Å². The summed E-state index contributed by atoms with van der Waals surface area (Å²) in [5, 5.41) is 28.9. The third kappa shape index (κ3) is 11.7. The van der Waals surface area contributed by atoms with Crippen LogP contribution in [0.3, 0.4) is 0 Å². The second-order valence-electron chi connectivity index (χ2n) is 8.43. The summed E-state index contributed by atoms with van der Waals surface area (Å²) in [6.45, 7) is 1.72. The minimum Gasteiger partial charge on any atom is -0.463 e. The molecule has 0 aromatic heterocycles. The molecule has 0 spiro atoms. The molecule has 0 radical (unpaired) electrons. The first-order valence-electron chi connectivity index (χ1n) is 12.0. The Labute approximate surface area is 191 Å². The number of esters is 2. The highest BCUT2D eigenvalue weighted by Crippen LogP contribution is 2.15. The molecule has 0 amide bonds. The summed E-state index contributed by atoms with van der Waals surface area (Å²) in [6.07, 6.45) is 11.3. The predicted molar refractivity (Wildman–Crippen MR) is 119 cm³/mol. The molecular weight excluding hydrogens is 416 g/mol. The molecule has 1 heterocycles. The average molecular weight is 457 g/mol. The molecular formula is C24H40O8. The summed E-state index contributed by atoms with van der Waals surface area (Å²) in [6, 6.07) is 0. The Morgan fingerprint density at radius 1 is 1.03 bits per heavy atom. The van der Waals surface area contributed by atoms with Gasteiger partial charge in [-0.3, -0.25) is 9.59 Å². The number of ketones is 1. The van der Waals surface area contributed by atoms with Crippen molar-refractivity contribution in [2.24, 2.45) is 0 Å². The lowest BCUT2D eigenvalue weighted by molar-refractivity contribution is -0.156. The van der Waals surface area contributed by atoms with Crippen LogP contribution in [0.25, 0.3) is 0 Å². The lowest BCUT2D eigenvalue weighted by Gasteiger charge is -2.15. The molecule has 0 aromatic carbocycles. The fourth-order valence-electron chi connectivity index (χ4n) is 3.48. The Morgan fingerprint density at radius 2 is 1.72 bits per heavy atom. The number of hydrogen-bond donors (Lipinski definition) is 3. The number of hydrogen-bond acceptors (Lipinski definition) is 8. The molecule has 0 saturated carbocycles. The molecule has 8 nitrogen and oxygen atoms in total. The molecule has 184 valence electrons. The Bertz CT molecular complexity index is 589. The summed E-state index contributed by atoms with van der Waals surface area (Å²) < 4.78 is 9.50. The molecule has 8 heteroatoms. The summed E-state index contributed by atoms with van der Waals surface area (Å²) in [4.78, 5) is 34.4. The van der Waals surface area contributed by atoms with E-state index < -0.39 is 42.6 Å². The monoisotopic (exact) mass is 456 g/mol. The number of unbranched alkanes of at least 4 members (excludes halogenated alkanes) is 8. The lowest BCUT2D eigenvalue weighted by Crippen LogP contribution is -2.38. The van der Waals surface area contributed by atoms with E-state index in [1.54, 1.807) is 0 Å². The van der Waals surface area contributed by atoms with Crippen molar-refractivity contribution in [1.82, 2.24) is 0 Å². The van der Waals surface area contributed by atoms with E-state index in [-0.39, 0.29) is 12.5 Å². The van der Waals surface area contributed by atoms with Gasteiger partial charge in [0, 0.05) is 6.42 Å². The molecule has 1 aliphatic heterocycles. The first-order valence-corrected chi connectivity index (χ1v) is 12.0. The molecule has 1 aliphatic rings. The van der Waals surface area contributed by atoms with E-state index in [1.807, 2.05) is 0 Å². The topological polar surface area (TPSA) is 130 Å². The molecule has 3 N–H and O–H groups in total. The lowest BCUT2D eigenvalue weighted by atomic mass is 10.1. The Hall–Kier alpha value is -1.77. The standard InChI is InChI=1S/C24H40O8/c1-2-3-4-11-14-18(25)15-12-9-7-5-6-8-10-13-16-20(27)31-17-19(26)23-21(28)22(29)24(30)32-23/h9,12,18-19,22-23,25-26,29H,2-8,10-11,13-17H2,1H3/t18-,19+,22?,23-/m1/s1. The quantitative estimate of drug-likeness (QED) is 0.124. The van der Waals surface area contributed by atoms with Gasteiger partial charge in [-0.25, -0.2) is 4.79 Å². The van der Waals surface area contributed by atoms with Gasteiger partial charge in [-0.05, 0) is 32.1 Å². The van der Waals surface area contributed by atoms with Crippen molar-refractivity contribution in [3.05, 3.63) is 12.2 Å². The normalized spacial score (nSPS) is 20.5. The predicted octanol–water partition coefficient (Wildman–Crippen LogP) is 2.75. The number of allylic oxidation sites excluding steroid dienone is 1. The maximum atomic E-state index is 11.7. The average Bonchev–Trinajstić information content (AvgIpc) is 3.03. The first kappa shape index (κ1) is 28.3.